The molecular weight excluding hydrogens is 432 g/mol. The summed E-state index contributed by atoms with van der Waals surface area (Å²) >= 11 is 6.35. The monoisotopic (exact) mass is 452 g/mol. The van der Waals surface area contributed by atoms with Crippen LogP contribution in [0, 0.1) is 5.92 Å². The van der Waals surface area contributed by atoms with E-state index < -0.39 is 40.5 Å². The van der Waals surface area contributed by atoms with Gasteiger partial charge in [-0.05, 0) is 19.9 Å². The molecule has 4 N–H and O–H groups in total. The molecule has 1 aliphatic carbocycles. The van der Waals surface area contributed by atoms with E-state index in [1.807, 2.05) is 0 Å². The van der Waals surface area contributed by atoms with Crippen molar-refractivity contribution in [2.45, 2.75) is 38.4 Å². The first-order valence-electron chi connectivity index (χ1n) is 9.26. The Bertz CT molecular complexity index is 1040. The molecule has 0 bridgehead atoms. The highest BCUT2D eigenvalue weighted by atomic mass is 35.5. The fourth-order valence-electron chi connectivity index (χ4n) is 3.48. The third kappa shape index (κ3) is 3.51. The number of allylic oxidation sites excluding steroid dienone is 1. The summed E-state index contributed by atoms with van der Waals surface area (Å²) in [5.74, 6) is -4.25. The Morgan fingerprint density at radius 2 is 1.97 bits per heavy atom. The van der Waals surface area contributed by atoms with E-state index in [1.54, 1.807) is 6.92 Å². The Balaban J connectivity index is 2.03. The predicted molar refractivity (Wildman–Crippen MR) is 107 cm³/mol. The van der Waals surface area contributed by atoms with Crippen molar-refractivity contribution in [2.75, 3.05) is 7.11 Å². The molecule has 166 valence electrons. The lowest BCUT2D eigenvalue weighted by atomic mass is 9.75. The van der Waals surface area contributed by atoms with Crippen molar-refractivity contribution in [1.29, 1.82) is 0 Å². The van der Waals surface area contributed by atoms with Gasteiger partial charge in [-0.25, -0.2) is 0 Å². The maximum atomic E-state index is 13.3. The average Bonchev–Trinajstić information content (AvgIpc) is 2.99. The Labute approximate surface area is 182 Å². The highest BCUT2D eigenvalue weighted by Gasteiger charge is 2.59. The lowest BCUT2D eigenvalue weighted by Crippen LogP contribution is -2.51. The molecule has 3 rings (SSSR count). The number of fused-ring (bicyclic) bond motifs is 1. The number of methoxy groups -OCH3 is 1. The molecule has 1 aromatic rings. The second-order valence-corrected chi connectivity index (χ2v) is 8.26. The first-order valence-corrected chi connectivity index (χ1v) is 9.63. The van der Waals surface area contributed by atoms with Crippen LogP contribution in [0.3, 0.4) is 0 Å². The van der Waals surface area contributed by atoms with E-state index in [0.29, 0.717) is 0 Å². The molecule has 31 heavy (non-hydrogen) atoms. The van der Waals surface area contributed by atoms with Crippen LogP contribution in [0.25, 0.3) is 0 Å². The Morgan fingerprint density at radius 3 is 2.52 bits per heavy atom. The molecule has 0 aromatic heterocycles. The number of ketones is 2. The van der Waals surface area contributed by atoms with Gasteiger partial charge in [0.25, 0.3) is 11.8 Å². The first kappa shape index (κ1) is 22.6. The largest absolute Gasteiger partial charge is 0.507 e. The average molecular weight is 453 g/mol. The van der Waals surface area contributed by atoms with E-state index in [9.17, 15) is 29.4 Å². The molecule has 2 amide bonds. The molecule has 0 unspecified atom stereocenters. The third-order valence-electron chi connectivity index (χ3n) is 5.20. The summed E-state index contributed by atoms with van der Waals surface area (Å²) in [4.78, 5) is 49.4. The number of aliphatic hydroxyl groups is 2. The van der Waals surface area contributed by atoms with Crippen LogP contribution in [0.1, 0.15) is 47.9 Å². The number of halogens is 1. The Hall–Kier alpha value is -3.11. The van der Waals surface area contributed by atoms with Gasteiger partial charge in [-0.2, -0.15) is 0 Å². The SMILES string of the molecule is COc1cc(C(=O)NNC(=O)C(C)(C)O)c(Cl)c2c1C(=O)[C@@]1(O2)C(O)=CC(=O)C[C@H]1C. The van der Waals surface area contributed by atoms with Crippen LogP contribution < -0.4 is 20.3 Å². The maximum absolute atomic E-state index is 13.3. The molecule has 1 aromatic carbocycles. The van der Waals surface area contributed by atoms with Crippen LogP contribution in [0.5, 0.6) is 11.5 Å². The van der Waals surface area contributed by atoms with Gasteiger partial charge in [-0.3, -0.25) is 30.0 Å². The Kier molecular flexibility index (Phi) is 5.49. The lowest BCUT2D eigenvalue weighted by molar-refractivity contribution is -0.137. The van der Waals surface area contributed by atoms with Gasteiger partial charge >= 0.3 is 0 Å². The van der Waals surface area contributed by atoms with Gasteiger partial charge in [0.2, 0.25) is 11.4 Å². The minimum Gasteiger partial charge on any atom is -0.507 e. The van der Waals surface area contributed by atoms with Crippen molar-refractivity contribution in [3.8, 4) is 11.5 Å². The molecule has 1 aliphatic heterocycles. The number of rotatable bonds is 3. The summed E-state index contributed by atoms with van der Waals surface area (Å²) in [7, 11) is 1.27. The third-order valence-corrected chi connectivity index (χ3v) is 5.58. The van der Waals surface area contributed by atoms with Gasteiger partial charge in [0, 0.05) is 18.4 Å². The number of carbonyl (C=O) groups excluding carboxylic acids is 4. The molecule has 0 fully saturated rings. The molecule has 10 nitrogen and oxygen atoms in total. The predicted octanol–water partition coefficient (Wildman–Crippen LogP) is 1.25. The van der Waals surface area contributed by atoms with Gasteiger partial charge in [0.05, 0.1) is 17.7 Å². The van der Waals surface area contributed by atoms with Crippen molar-refractivity contribution >= 4 is 35.0 Å². The van der Waals surface area contributed by atoms with Gasteiger partial charge in [0.15, 0.2) is 11.5 Å². The van der Waals surface area contributed by atoms with Crippen LogP contribution in [0.2, 0.25) is 5.02 Å². The maximum Gasteiger partial charge on any atom is 0.271 e. The first-order chi connectivity index (χ1) is 14.3. The highest BCUT2D eigenvalue weighted by Crippen LogP contribution is 2.52. The molecule has 0 saturated heterocycles. The molecule has 1 spiro atoms. The molecule has 2 aliphatic rings. The molecule has 0 saturated carbocycles. The topological polar surface area (TPSA) is 151 Å². The number of hydrazine groups is 1. The number of hydrogen-bond donors (Lipinski definition) is 4. The summed E-state index contributed by atoms with van der Waals surface area (Å²) in [5.41, 5.74) is 0.287. The fourth-order valence-corrected chi connectivity index (χ4v) is 3.76. The fraction of sp³-hybridized carbons (Fsp3) is 0.400. The highest BCUT2D eigenvalue weighted by molar-refractivity contribution is 6.37. The van der Waals surface area contributed by atoms with E-state index in [4.69, 9.17) is 21.1 Å². The van der Waals surface area contributed by atoms with E-state index in [2.05, 4.69) is 10.9 Å². The number of aliphatic hydroxyl groups excluding tert-OH is 1. The number of benzene rings is 1. The normalized spacial score (nSPS) is 22.5. The van der Waals surface area contributed by atoms with E-state index in [-0.39, 0.29) is 39.9 Å². The van der Waals surface area contributed by atoms with Crippen molar-refractivity contribution in [2.24, 2.45) is 5.92 Å². The molecule has 11 heteroatoms. The smallest absolute Gasteiger partial charge is 0.271 e. The minimum absolute atomic E-state index is 0.0416. The molecule has 2 atom stereocenters. The van der Waals surface area contributed by atoms with Gasteiger partial charge < -0.3 is 19.7 Å². The van der Waals surface area contributed by atoms with Crippen LogP contribution >= 0.6 is 11.6 Å². The zero-order chi connectivity index (χ0) is 23.3. The summed E-state index contributed by atoms with van der Waals surface area (Å²) < 4.78 is 11.1. The quantitative estimate of drug-likeness (QED) is 0.500. The summed E-state index contributed by atoms with van der Waals surface area (Å²) in [6, 6.07) is 1.19. The summed E-state index contributed by atoms with van der Waals surface area (Å²) in [6.45, 7) is 4.04. The van der Waals surface area contributed by atoms with Crippen molar-refractivity contribution in [3.05, 3.63) is 34.1 Å². The van der Waals surface area contributed by atoms with Gasteiger partial charge in [0.1, 0.15) is 22.7 Å². The van der Waals surface area contributed by atoms with Gasteiger partial charge in [-0.15, -0.1) is 0 Å². The van der Waals surface area contributed by atoms with Crippen LogP contribution in [-0.2, 0) is 9.59 Å². The standard InChI is InChI=1S/C20H21ClN2O8/c1-8-5-9(24)6-12(25)20(8)16(26)13-11(30-4)7-10(14(21)15(13)31-20)17(27)22-23-18(28)19(2,3)29/h6-8,25,29H,5H2,1-4H3,(H,22,27)(H,23,28)/t8-,20+/m1/s1. The number of Topliss-reactive ketones (excluding diaryl/α,β-unsaturated/α-hetero) is 1. The van der Waals surface area contributed by atoms with E-state index in [1.165, 1.54) is 27.0 Å². The number of hydrogen-bond acceptors (Lipinski definition) is 8. The van der Waals surface area contributed by atoms with Crippen LogP contribution in [0.4, 0.5) is 0 Å². The van der Waals surface area contributed by atoms with E-state index in [0.717, 1.165) is 6.08 Å². The second kappa shape index (κ2) is 7.54. The zero-order valence-electron chi connectivity index (χ0n) is 17.2. The number of nitrogens with one attached hydrogen (secondary N) is 2. The molecule has 1 heterocycles. The number of ether oxygens (including phenoxy) is 2. The summed E-state index contributed by atoms with van der Waals surface area (Å²) in [6.07, 6.45) is 0.893. The van der Waals surface area contributed by atoms with E-state index >= 15 is 0 Å². The van der Waals surface area contributed by atoms with Crippen molar-refractivity contribution in [3.63, 3.8) is 0 Å². The number of amides is 2. The molecular formula is C20H21ClN2O8. The van der Waals surface area contributed by atoms with Gasteiger partial charge in [-0.1, -0.05) is 18.5 Å². The Morgan fingerprint density at radius 1 is 1.32 bits per heavy atom. The minimum atomic E-state index is -1.86. The number of carbonyl (C=O) groups is 4. The summed E-state index contributed by atoms with van der Waals surface area (Å²) in [5, 5.41) is 19.9. The zero-order valence-corrected chi connectivity index (χ0v) is 17.9. The molecule has 0 radical (unpaired) electrons. The van der Waals surface area contributed by atoms with Crippen molar-refractivity contribution in [1.82, 2.24) is 10.9 Å². The lowest BCUT2D eigenvalue weighted by Gasteiger charge is -2.34. The van der Waals surface area contributed by atoms with Crippen LogP contribution in [0.15, 0.2) is 17.9 Å². The second-order valence-electron chi connectivity index (χ2n) is 7.88. The van der Waals surface area contributed by atoms with Crippen molar-refractivity contribution < 1.29 is 38.9 Å². The van der Waals surface area contributed by atoms with Crippen LogP contribution in [-0.4, -0.2) is 51.9 Å².